The fourth-order valence-electron chi connectivity index (χ4n) is 1.66. The van der Waals surface area contributed by atoms with Gasteiger partial charge in [-0.3, -0.25) is 4.79 Å². The zero-order chi connectivity index (χ0) is 17.0. The second-order valence-electron chi connectivity index (χ2n) is 5.15. The summed E-state index contributed by atoms with van der Waals surface area (Å²) in [4.78, 5) is 11.5. The van der Waals surface area contributed by atoms with Gasteiger partial charge in [0.1, 0.15) is 0 Å². The molecule has 0 atom stereocenters. The number of hydrogen-bond acceptors (Lipinski definition) is 4. The van der Waals surface area contributed by atoms with Gasteiger partial charge in [0.05, 0.1) is 5.56 Å². The third-order valence-electron chi connectivity index (χ3n) is 2.90. The lowest BCUT2D eigenvalue weighted by Crippen LogP contribution is -2.18. The van der Waals surface area contributed by atoms with Crippen LogP contribution in [0.4, 0.5) is 30.5 Å². The van der Waals surface area contributed by atoms with Crippen molar-refractivity contribution in [2.24, 2.45) is 5.92 Å². The zero-order valence-corrected chi connectivity index (χ0v) is 12.5. The van der Waals surface area contributed by atoms with Gasteiger partial charge in [0, 0.05) is 11.6 Å². The molecule has 2 rings (SSSR count). The second kappa shape index (κ2) is 6.64. The van der Waals surface area contributed by atoms with Crippen molar-refractivity contribution in [1.82, 2.24) is 10.2 Å². The maximum absolute atomic E-state index is 12.7. The Morgan fingerprint density at radius 2 is 1.74 bits per heavy atom. The molecule has 0 bridgehead atoms. The third-order valence-corrected chi connectivity index (χ3v) is 2.90. The minimum atomic E-state index is -4.41. The Labute approximate surface area is 130 Å². The Kier molecular flexibility index (Phi) is 4.83. The number of alkyl halides is 3. The molecule has 1 aromatic carbocycles. The molecule has 2 N–H and O–H groups in total. The number of hydrogen-bond donors (Lipinski definition) is 2. The quantitative estimate of drug-likeness (QED) is 0.897. The van der Waals surface area contributed by atoms with Gasteiger partial charge in [0.2, 0.25) is 5.91 Å². The van der Waals surface area contributed by atoms with Gasteiger partial charge in [-0.1, -0.05) is 19.9 Å². The molecule has 1 aromatic heterocycles. The summed E-state index contributed by atoms with van der Waals surface area (Å²) in [6, 6.07) is 7.80. The molecule has 1 amide bonds. The topological polar surface area (TPSA) is 66.9 Å². The summed E-state index contributed by atoms with van der Waals surface area (Å²) in [5, 5.41) is 12.9. The van der Waals surface area contributed by atoms with Crippen molar-refractivity contribution < 1.29 is 18.0 Å². The highest BCUT2D eigenvalue weighted by Gasteiger charge is 2.30. The van der Waals surface area contributed by atoms with E-state index in [-0.39, 0.29) is 29.1 Å². The zero-order valence-electron chi connectivity index (χ0n) is 12.5. The van der Waals surface area contributed by atoms with Crippen LogP contribution >= 0.6 is 0 Å². The lowest BCUT2D eigenvalue weighted by molar-refractivity contribution is -0.137. The lowest BCUT2D eigenvalue weighted by Gasteiger charge is -2.10. The van der Waals surface area contributed by atoms with Crippen LogP contribution in [0.15, 0.2) is 36.4 Å². The normalized spacial score (nSPS) is 11.4. The van der Waals surface area contributed by atoms with Crippen molar-refractivity contribution in [1.29, 1.82) is 0 Å². The van der Waals surface area contributed by atoms with E-state index in [1.165, 1.54) is 24.3 Å². The SMILES string of the molecule is CC(C)C(=O)Nc1ccc(Nc2cccc(C(F)(F)F)c2)nn1. The first-order valence-electron chi connectivity index (χ1n) is 6.84. The van der Waals surface area contributed by atoms with E-state index in [1.54, 1.807) is 13.8 Å². The van der Waals surface area contributed by atoms with E-state index in [1.807, 2.05) is 0 Å². The first-order chi connectivity index (χ1) is 10.8. The average molecular weight is 324 g/mol. The van der Waals surface area contributed by atoms with Gasteiger partial charge in [0.25, 0.3) is 0 Å². The summed E-state index contributed by atoms with van der Waals surface area (Å²) in [7, 11) is 0. The van der Waals surface area contributed by atoms with Crippen molar-refractivity contribution in [2.45, 2.75) is 20.0 Å². The molecule has 0 saturated heterocycles. The van der Waals surface area contributed by atoms with Gasteiger partial charge in [0.15, 0.2) is 11.6 Å². The van der Waals surface area contributed by atoms with Gasteiger partial charge in [-0.05, 0) is 30.3 Å². The molecule has 0 saturated carbocycles. The highest BCUT2D eigenvalue weighted by Crippen LogP contribution is 2.31. The van der Waals surface area contributed by atoms with E-state index in [0.717, 1.165) is 12.1 Å². The first kappa shape index (κ1) is 16.7. The number of rotatable bonds is 4. The van der Waals surface area contributed by atoms with Crippen LogP contribution in [0.25, 0.3) is 0 Å². The van der Waals surface area contributed by atoms with Gasteiger partial charge in [-0.25, -0.2) is 0 Å². The van der Waals surface area contributed by atoms with E-state index in [4.69, 9.17) is 0 Å². The number of amides is 1. The summed E-state index contributed by atoms with van der Waals surface area (Å²) >= 11 is 0. The van der Waals surface area contributed by atoms with Crippen LogP contribution in [0.1, 0.15) is 19.4 Å². The van der Waals surface area contributed by atoms with Crippen LogP contribution in [0.2, 0.25) is 0 Å². The van der Waals surface area contributed by atoms with Gasteiger partial charge < -0.3 is 10.6 Å². The maximum Gasteiger partial charge on any atom is 0.416 e. The van der Waals surface area contributed by atoms with Crippen molar-refractivity contribution in [3.05, 3.63) is 42.0 Å². The number of halogens is 3. The predicted molar refractivity (Wildman–Crippen MR) is 80.2 cm³/mol. The molecule has 1 heterocycles. The maximum atomic E-state index is 12.7. The van der Waals surface area contributed by atoms with E-state index >= 15 is 0 Å². The number of carbonyl (C=O) groups excluding carboxylic acids is 1. The fraction of sp³-hybridized carbons (Fsp3) is 0.267. The van der Waals surface area contributed by atoms with E-state index in [2.05, 4.69) is 20.8 Å². The summed E-state index contributed by atoms with van der Waals surface area (Å²) in [5.74, 6) is 0.155. The Balaban J connectivity index is 2.08. The van der Waals surface area contributed by atoms with Crippen LogP contribution < -0.4 is 10.6 Å². The fourth-order valence-corrected chi connectivity index (χ4v) is 1.66. The number of benzene rings is 1. The lowest BCUT2D eigenvalue weighted by atomic mass is 10.2. The molecule has 23 heavy (non-hydrogen) atoms. The molecule has 8 heteroatoms. The number of nitrogens with zero attached hydrogens (tertiary/aromatic N) is 2. The Morgan fingerprint density at radius 3 is 2.30 bits per heavy atom. The molecule has 0 unspecified atom stereocenters. The summed E-state index contributed by atoms with van der Waals surface area (Å²) in [5.41, 5.74) is -0.510. The molecule has 2 aromatic rings. The number of aromatic nitrogens is 2. The van der Waals surface area contributed by atoms with Gasteiger partial charge in [-0.15, -0.1) is 10.2 Å². The molecule has 0 spiro atoms. The van der Waals surface area contributed by atoms with Crippen LogP contribution in [-0.4, -0.2) is 16.1 Å². The number of anilines is 3. The third kappa shape index (κ3) is 4.67. The summed E-state index contributed by atoms with van der Waals surface area (Å²) < 4.78 is 38.0. The molecular formula is C15H15F3N4O. The summed E-state index contributed by atoms with van der Waals surface area (Å²) in [6.07, 6.45) is -4.41. The molecule has 0 radical (unpaired) electrons. The monoisotopic (exact) mass is 324 g/mol. The van der Waals surface area contributed by atoms with Crippen LogP contribution in [-0.2, 0) is 11.0 Å². The predicted octanol–water partition coefficient (Wildman–Crippen LogP) is 3.83. The average Bonchev–Trinajstić information content (AvgIpc) is 2.48. The molecule has 0 aliphatic heterocycles. The van der Waals surface area contributed by atoms with Crippen molar-refractivity contribution in [3.8, 4) is 0 Å². The molecule has 5 nitrogen and oxygen atoms in total. The molecule has 0 aliphatic rings. The highest BCUT2D eigenvalue weighted by atomic mass is 19.4. The molecular weight excluding hydrogens is 309 g/mol. The first-order valence-corrected chi connectivity index (χ1v) is 6.84. The summed E-state index contributed by atoms with van der Waals surface area (Å²) in [6.45, 7) is 3.48. The molecule has 0 fully saturated rings. The van der Waals surface area contributed by atoms with Crippen LogP contribution in [0.3, 0.4) is 0 Å². The molecule has 122 valence electrons. The minimum Gasteiger partial charge on any atom is -0.339 e. The number of nitrogens with one attached hydrogen (secondary N) is 2. The van der Waals surface area contributed by atoms with E-state index < -0.39 is 11.7 Å². The van der Waals surface area contributed by atoms with E-state index in [9.17, 15) is 18.0 Å². The highest BCUT2D eigenvalue weighted by molar-refractivity contribution is 5.91. The van der Waals surface area contributed by atoms with Crippen molar-refractivity contribution in [2.75, 3.05) is 10.6 Å². The Hall–Kier alpha value is -2.64. The number of carbonyl (C=O) groups is 1. The van der Waals surface area contributed by atoms with Gasteiger partial charge >= 0.3 is 6.18 Å². The Bertz CT molecular complexity index is 684. The second-order valence-corrected chi connectivity index (χ2v) is 5.15. The van der Waals surface area contributed by atoms with E-state index in [0.29, 0.717) is 0 Å². The van der Waals surface area contributed by atoms with Crippen molar-refractivity contribution in [3.63, 3.8) is 0 Å². The van der Waals surface area contributed by atoms with Crippen LogP contribution in [0.5, 0.6) is 0 Å². The Morgan fingerprint density at radius 1 is 1.09 bits per heavy atom. The molecule has 0 aliphatic carbocycles. The van der Waals surface area contributed by atoms with Crippen LogP contribution in [0, 0.1) is 5.92 Å². The standard InChI is InChI=1S/C15H15F3N4O/c1-9(2)14(23)20-13-7-6-12(21-22-13)19-11-5-3-4-10(8-11)15(16,17)18/h3-9H,1-2H3,(H,19,21)(H,20,22,23). The minimum absolute atomic E-state index is 0.195. The van der Waals surface area contributed by atoms with Crippen molar-refractivity contribution >= 4 is 23.2 Å². The smallest absolute Gasteiger partial charge is 0.339 e. The largest absolute Gasteiger partial charge is 0.416 e. The van der Waals surface area contributed by atoms with Gasteiger partial charge in [-0.2, -0.15) is 13.2 Å².